The lowest BCUT2D eigenvalue weighted by Gasteiger charge is -2.25. The van der Waals surface area contributed by atoms with Crippen LogP contribution in [0.5, 0.6) is 5.75 Å². The van der Waals surface area contributed by atoms with Crippen LogP contribution < -0.4 is 10.1 Å². The Morgan fingerprint density at radius 1 is 1.10 bits per heavy atom. The van der Waals surface area contributed by atoms with Gasteiger partial charge in [0.05, 0.1) is 12.6 Å². The van der Waals surface area contributed by atoms with Gasteiger partial charge >= 0.3 is 6.03 Å². The van der Waals surface area contributed by atoms with Crippen LogP contribution in [0.1, 0.15) is 44.1 Å². The van der Waals surface area contributed by atoms with Gasteiger partial charge < -0.3 is 15.0 Å². The molecule has 1 aromatic rings. The molecule has 0 unspecified atom stereocenters. The number of ether oxygens (including phenoxy) is 1. The lowest BCUT2D eigenvalue weighted by molar-refractivity contribution is 0.194. The van der Waals surface area contributed by atoms with E-state index in [1.807, 2.05) is 17.0 Å². The van der Waals surface area contributed by atoms with E-state index in [9.17, 15) is 4.79 Å². The van der Waals surface area contributed by atoms with Crippen molar-refractivity contribution in [3.63, 3.8) is 0 Å². The molecule has 2 amide bonds. The normalized spacial score (nSPS) is 20.5. The van der Waals surface area contributed by atoms with Crippen molar-refractivity contribution in [3.05, 3.63) is 29.8 Å². The van der Waals surface area contributed by atoms with E-state index in [1.54, 1.807) is 7.11 Å². The molecule has 0 spiro atoms. The molecule has 1 saturated carbocycles. The highest BCUT2D eigenvalue weighted by Gasteiger charge is 2.46. The number of hydrogen-bond acceptors (Lipinski definition) is 2. The van der Waals surface area contributed by atoms with Crippen molar-refractivity contribution in [2.24, 2.45) is 0 Å². The lowest BCUT2D eigenvalue weighted by atomic mass is 10.1. The highest BCUT2D eigenvalue weighted by atomic mass is 16.5. The molecule has 0 radical (unpaired) electrons. The van der Waals surface area contributed by atoms with Crippen molar-refractivity contribution in [1.29, 1.82) is 0 Å². The number of amides is 2. The molecule has 0 atom stereocenters. The summed E-state index contributed by atoms with van der Waals surface area (Å²) in [5.74, 6) is 0.855. The molecule has 21 heavy (non-hydrogen) atoms. The molecule has 2 fully saturated rings. The Kier molecular flexibility index (Phi) is 4.04. The number of nitrogens with one attached hydrogen (secondary N) is 1. The Bertz CT molecular complexity index is 486. The first-order chi connectivity index (χ1) is 10.2. The van der Waals surface area contributed by atoms with Crippen LogP contribution in [0.2, 0.25) is 0 Å². The van der Waals surface area contributed by atoms with E-state index in [1.165, 1.54) is 18.4 Å². The van der Waals surface area contributed by atoms with Crippen molar-refractivity contribution in [2.45, 2.75) is 44.1 Å². The molecule has 0 bridgehead atoms. The van der Waals surface area contributed by atoms with Crippen molar-refractivity contribution in [1.82, 2.24) is 10.2 Å². The monoisotopic (exact) mass is 288 g/mol. The number of carbonyl (C=O) groups is 1. The van der Waals surface area contributed by atoms with Gasteiger partial charge in [0.15, 0.2) is 0 Å². The van der Waals surface area contributed by atoms with Crippen LogP contribution in [0.25, 0.3) is 0 Å². The average Bonchev–Trinajstić information content (AvgIpc) is 3.31. The predicted molar refractivity (Wildman–Crippen MR) is 82.5 cm³/mol. The second-order valence-electron chi connectivity index (χ2n) is 6.14. The zero-order chi connectivity index (χ0) is 14.7. The van der Waals surface area contributed by atoms with Crippen molar-refractivity contribution < 1.29 is 9.53 Å². The van der Waals surface area contributed by atoms with Gasteiger partial charge in [-0.2, -0.15) is 0 Å². The number of benzene rings is 1. The van der Waals surface area contributed by atoms with E-state index < -0.39 is 0 Å². The number of hydrogen-bond donors (Lipinski definition) is 1. The van der Waals surface area contributed by atoms with E-state index in [0.717, 1.165) is 44.5 Å². The minimum Gasteiger partial charge on any atom is -0.497 e. The number of rotatable bonds is 3. The smallest absolute Gasteiger partial charge is 0.318 e. The van der Waals surface area contributed by atoms with E-state index >= 15 is 0 Å². The second kappa shape index (κ2) is 5.96. The minimum atomic E-state index is -0.143. The van der Waals surface area contributed by atoms with Crippen LogP contribution in [-0.4, -0.2) is 31.1 Å². The highest BCUT2D eigenvalue weighted by Crippen LogP contribution is 2.46. The summed E-state index contributed by atoms with van der Waals surface area (Å²) in [6.07, 6.45) is 6.80. The zero-order valence-corrected chi connectivity index (χ0v) is 12.7. The van der Waals surface area contributed by atoms with Crippen molar-refractivity contribution in [2.75, 3.05) is 20.2 Å². The SMILES string of the molecule is COc1ccc(C2(NC(=O)N3CCCCCC3)CC2)cc1. The molecule has 1 aliphatic heterocycles. The van der Waals surface area contributed by atoms with Crippen LogP contribution in [0, 0.1) is 0 Å². The summed E-state index contributed by atoms with van der Waals surface area (Å²) in [5.41, 5.74) is 1.04. The van der Waals surface area contributed by atoms with Crippen LogP contribution in [0.3, 0.4) is 0 Å². The first kappa shape index (κ1) is 14.2. The summed E-state index contributed by atoms with van der Waals surface area (Å²) in [4.78, 5) is 14.5. The molecular formula is C17H24N2O2. The van der Waals surface area contributed by atoms with Gasteiger partial charge in [-0.1, -0.05) is 25.0 Å². The summed E-state index contributed by atoms with van der Waals surface area (Å²) >= 11 is 0. The number of nitrogens with zero attached hydrogens (tertiary/aromatic N) is 1. The Morgan fingerprint density at radius 3 is 2.24 bits per heavy atom. The molecule has 1 N–H and O–H groups in total. The molecule has 0 aromatic heterocycles. The third kappa shape index (κ3) is 3.14. The number of urea groups is 1. The first-order valence-corrected chi connectivity index (χ1v) is 7.95. The number of likely N-dealkylation sites (tertiary alicyclic amines) is 1. The van der Waals surface area contributed by atoms with Gasteiger partial charge in [-0.05, 0) is 43.4 Å². The largest absolute Gasteiger partial charge is 0.497 e. The summed E-state index contributed by atoms with van der Waals surface area (Å²) < 4.78 is 5.20. The first-order valence-electron chi connectivity index (χ1n) is 7.95. The number of carbonyl (C=O) groups excluding carboxylic acids is 1. The Labute approximate surface area is 126 Å². The minimum absolute atomic E-state index is 0.102. The Balaban J connectivity index is 1.66. The summed E-state index contributed by atoms with van der Waals surface area (Å²) in [6.45, 7) is 1.79. The van der Waals surface area contributed by atoms with Crippen LogP contribution in [0.15, 0.2) is 24.3 Å². The molecule has 4 heteroatoms. The second-order valence-corrected chi connectivity index (χ2v) is 6.14. The third-order valence-electron chi connectivity index (χ3n) is 4.63. The van der Waals surface area contributed by atoms with E-state index in [2.05, 4.69) is 17.4 Å². The van der Waals surface area contributed by atoms with E-state index in [-0.39, 0.29) is 11.6 Å². The fourth-order valence-electron chi connectivity index (χ4n) is 3.08. The maximum absolute atomic E-state index is 12.5. The van der Waals surface area contributed by atoms with Gasteiger partial charge in [0, 0.05) is 13.1 Å². The molecule has 3 rings (SSSR count). The zero-order valence-electron chi connectivity index (χ0n) is 12.7. The standard InChI is InChI=1S/C17H24N2O2/c1-21-15-8-6-14(7-9-15)17(10-11-17)18-16(20)19-12-4-2-3-5-13-19/h6-9H,2-5,10-13H2,1H3,(H,18,20). The predicted octanol–water partition coefficient (Wildman–Crippen LogP) is 3.27. The quantitative estimate of drug-likeness (QED) is 0.927. The average molecular weight is 288 g/mol. The third-order valence-corrected chi connectivity index (χ3v) is 4.63. The molecule has 114 valence electrons. The van der Waals surface area contributed by atoms with Gasteiger partial charge in [-0.3, -0.25) is 0 Å². The molecule has 1 aromatic carbocycles. The molecule has 1 saturated heterocycles. The maximum Gasteiger partial charge on any atom is 0.318 e. The molecule has 2 aliphatic rings. The van der Waals surface area contributed by atoms with Gasteiger partial charge in [-0.15, -0.1) is 0 Å². The fourth-order valence-corrected chi connectivity index (χ4v) is 3.08. The summed E-state index contributed by atoms with van der Waals surface area (Å²) in [6, 6.07) is 8.16. The van der Waals surface area contributed by atoms with E-state index in [4.69, 9.17) is 4.74 Å². The topological polar surface area (TPSA) is 41.6 Å². The highest BCUT2D eigenvalue weighted by molar-refractivity contribution is 5.76. The van der Waals surface area contributed by atoms with Crippen LogP contribution in [-0.2, 0) is 5.54 Å². The van der Waals surface area contributed by atoms with Crippen molar-refractivity contribution in [3.8, 4) is 5.75 Å². The number of methoxy groups -OCH3 is 1. The summed E-state index contributed by atoms with van der Waals surface area (Å²) in [5, 5.41) is 3.26. The van der Waals surface area contributed by atoms with E-state index in [0.29, 0.717) is 0 Å². The molecule has 1 heterocycles. The van der Waals surface area contributed by atoms with Gasteiger partial charge in [0.2, 0.25) is 0 Å². The van der Waals surface area contributed by atoms with Gasteiger partial charge in [0.1, 0.15) is 5.75 Å². The lowest BCUT2D eigenvalue weighted by Crippen LogP contribution is -2.45. The van der Waals surface area contributed by atoms with Gasteiger partial charge in [0.25, 0.3) is 0 Å². The van der Waals surface area contributed by atoms with Crippen LogP contribution in [0.4, 0.5) is 4.79 Å². The fraction of sp³-hybridized carbons (Fsp3) is 0.588. The maximum atomic E-state index is 12.5. The summed E-state index contributed by atoms with van der Waals surface area (Å²) in [7, 11) is 1.67. The van der Waals surface area contributed by atoms with Crippen molar-refractivity contribution >= 4 is 6.03 Å². The molecule has 1 aliphatic carbocycles. The van der Waals surface area contributed by atoms with Crippen LogP contribution >= 0.6 is 0 Å². The van der Waals surface area contributed by atoms with Gasteiger partial charge in [-0.25, -0.2) is 4.79 Å². The molecule has 4 nitrogen and oxygen atoms in total. The molecular weight excluding hydrogens is 264 g/mol. The Morgan fingerprint density at radius 2 is 1.71 bits per heavy atom. The Hall–Kier alpha value is -1.71.